The SMILES string of the molecule is CCN(CC)S(=O)(=O)c1ccc(-n2c(C)cc3c2CC(C)(C)CC3=O)cc1. The number of aryl methyl sites for hydroxylation is 1. The Kier molecular flexibility index (Phi) is 5.08. The van der Waals surface area contributed by atoms with Gasteiger partial charge in [0.15, 0.2) is 5.78 Å². The Morgan fingerprint density at radius 3 is 2.22 bits per heavy atom. The molecule has 1 aromatic heterocycles. The summed E-state index contributed by atoms with van der Waals surface area (Å²) in [4.78, 5) is 12.8. The standard InChI is InChI=1S/C21H28N2O3S/c1-6-22(7-2)27(25,26)17-10-8-16(9-11-17)23-15(3)12-18-19(23)13-21(4,5)14-20(18)24/h8-12H,6-7,13-14H2,1-5H3. The fourth-order valence-electron chi connectivity index (χ4n) is 3.99. The van der Waals surface area contributed by atoms with E-state index in [2.05, 4.69) is 18.4 Å². The van der Waals surface area contributed by atoms with Crippen molar-refractivity contribution in [2.24, 2.45) is 5.41 Å². The molecule has 0 bridgehead atoms. The lowest BCUT2D eigenvalue weighted by Crippen LogP contribution is -2.30. The average Bonchev–Trinajstić information content (AvgIpc) is 2.91. The van der Waals surface area contributed by atoms with Crippen molar-refractivity contribution in [2.45, 2.75) is 52.4 Å². The fourth-order valence-corrected chi connectivity index (χ4v) is 5.45. The van der Waals surface area contributed by atoms with Gasteiger partial charge in [0.2, 0.25) is 10.0 Å². The third-order valence-electron chi connectivity index (χ3n) is 5.31. The van der Waals surface area contributed by atoms with Gasteiger partial charge in [-0.05, 0) is 49.1 Å². The fraction of sp³-hybridized carbons (Fsp3) is 0.476. The molecule has 1 aliphatic carbocycles. The number of benzene rings is 1. The van der Waals surface area contributed by atoms with Crippen molar-refractivity contribution < 1.29 is 13.2 Å². The minimum Gasteiger partial charge on any atom is -0.317 e. The number of carbonyl (C=O) groups excluding carboxylic acids is 1. The first-order valence-electron chi connectivity index (χ1n) is 9.45. The van der Waals surface area contributed by atoms with Gasteiger partial charge in [-0.25, -0.2) is 8.42 Å². The molecule has 0 atom stereocenters. The van der Waals surface area contributed by atoms with Gasteiger partial charge in [-0.3, -0.25) is 4.79 Å². The van der Waals surface area contributed by atoms with Crippen LogP contribution in [-0.2, 0) is 16.4 Å². The van der Waals surface area contributed by atoms with Crippen LogP contribution in [0, 0.1) is 12.3 Å². The van der Waals surface area contributed by atoms with Crippen molar-refractivity contribution in [2.75, 3.05) is 13.1 Å². The van der Waals surface area contributed by atoms with E-state index in [1.165, 1.54) is 4.31 Å². The van der Waals surface area contributed by atoms with E-state index in [1.807, 2.05) is 39.0 Å². The highest BCUT2D eigenvalue weighted by molar-refractivity contribution is 7.89. The van der Waals surface area contributed by atoms with Gasteiger partial charge in [0.25, 0.3) is 0 Å². The van der Waals surface area contributed by atoms with E-state index in [4.69, 9.17) is 0 Å². The van der Waals surface area contributed by atoms with Crippen LogP contribution in [-0.4, -0.2) is 36.2 Å². The largest absolute Gasteiger partial charge is 0.317 e. The van der Waals surface area contributed by atoms with Crippen LogP contribution in [0.2, 0.25) is 0 Å². The van der Waals surface area contributed by atoms with Crippen LogP contribution in [0.3, 0.4) is 0 Å². The second-order valence-corrected chi connectivity index (χ2v) is 9.94. The molecule has 0 saturated heterocycles. The first kappa shape index (κ1) is 19.8. The third kappa shape index (κ3) is 3.48. The molecular weight excluding hydrogens is 360 g/mol. The van der Waals surface area contributed by atoms with Gasteiger partial charge in [0.1, 0.15) is 0 Å². The van der Waals surface area contributed by atoms with Gasteiger partial charge < -0.3 is 4.57 Å². The molecule has 0 spiro atoms. The van der Waals surface area contributed by atoms with E-state index >= 15 is 0 Å². The number of sulfonamides is 1. The number of hydrogen-bond donors (Lipinski definition) is 0. The van der Waals surface area contributed by atoms with Crippen molar-refractivity contribution in [3.8, 4) is 5.69 Å². The summed E-state index contributed by atoms with van der Waals surface area (Å²) in [5.74, 6) is 0.184. The van der Waals surface area contributed by atoms with E-state index in [0.717, 1.165) is 29.1 Å². The predicted octanol–water partition coefficient (Wildman–Crippen LogP) is 3.97. The second-order valence-electron chi connectivity index (χ2n) is 8.01. The molecule has 146 valence electrons. The smallest absolute Gasteiger partial charge is 0.243 e. The Morgan fingerprint density at radius 1 is 1.07 bits per heavy atom. The lowest BCUT2D eigenvalue weighted by atomic mass is 9.76. The molecule has 27 heavy (non-hydrogen) atoms. The zero-order valence-electron chi connectivity index (χ0n) is 16.7. The highest BCUT2D eigenvalue weighted by Crippen LogP contribution is 2.37. The number of fused-ring (bicyclic) bond motifs is 1. The molecule has 2 aromatic rings. The maximum Gasteiger partial charge on any atom is 0.243 e. The summed E-state index contributed by atoms with van der Waals surface area (Å²) in [6, 6.07) is 8.92. The number of nitrogens with zero attached hydrogens (tertiary/aromatic N) is 2. The highest BCUT2D eigenvalue weighted by Gasteiger charge is 2.34. The minimum absolute atomic E-state index is 0.0708. The predicted molar refractivity (Wildman–Crippen MR) is 107 cm³/mol. The molecule has 0 amide bonds. The quantitative estimate of drug-likeness (QED) is 0.779. The van der Waals surface area contributed by atoms with Crippen molar-refractivity contribution >= 4 is 15.8 Å². The summed E-state index contributed by atoms with van der Waals surface area (Å²) >= 11 is 0. The number of Topliss-reactive ketones (excluding diaryl/α,β-unsaturated/α-hetero) is 1. The number of aromatic nitrogens is 1. The number of ketones is 1. The van der Waals surface area contributed by atoms with Gasteiger partial charge in [0.05, 0.1) is 4.90 Å². The Hall–Kier alpha value is -1.92. The molecule has 1 aliphatic rings. The van der Waals surface area contributed by atoms with Crippen molar-refractivity contribution in [1.29, 1.82) is 0 Å². The maximum atomic E-state index is 12.7. The van der Waals surface area contributed by atoms with Crippen LogP contribution in [0.5, 0.6) is 0 Å². The van der Waals surface area contributed by atoms with Crippen LogP contribution < -0.4 is 0 Å². The highest BCUT2D eigenvalue weighted by atomic mass is 32.2. The number of rotatable bonds is 5. The van der Waals surface area contributed by atoms with Crippen LogP contribution >= 0.6 is 0 Å². The Morgan fingerprint density at radius 2 is 1.67 bits per heavy atom. The second kappa shape index (κ2) is 6.91. The van der Waals surface area contributed by atoms with Gasteiger partial charge in [-0.2, -0.15) is 4.31 Å². The summed E-state index contributed by atoms with van der Waals surface area (Å²) in [6.45, 7) is 10.8. The summed E-state index contributed by atoms with van der Waals surface area (Å²) in [5, 5.41) is 0. The van der Waals surface area contributed by atoms with E-state index in [0.29, 0.717) is 24.4 Å². The summed E-state index contributed by atoms with van der Waals surface area (Å²) in [5.41, 5.74) is 3.63. The molecule has 3 rings (SSSR count). The van der Waals surface area contributed by atoms with Crippen LogP contribution in [0.4, 0.5) is 0 Å². The molecule has 5 nitrogen and oxygen atoms in total. The molecule has 0 unspecified atom stereocenters. The molecule has 0 aliphatic heterocycles. The minimum atomic E-state index is -3.47. The van der Waals surface area contributed by atoms with Crippen molar-refractivity contribution in [3.05, 3.63) is 47.3 Å². The van der Waals surface area contributed by atoms with Gasteiger partial charge in [-0.1, -0.05) is 27.7 Å². The Balaban J connectivity index is 2.04. The average molecular weight is 389 g/mol. The van der Waals surface area contributed by atoms with E-state index < -0.39 is 10.0 Å². The van der Waals surface area contributed by atoms with Gasteiger partial charge >= 0.3 is 0 Å². The molecule has 0 N–H and O–H groups in total. The summed E-state index contributed by atoms with van der Waals surface area (Å²) in [7, 11) is -3.47. The van der Waals surface area contributed by atoms with E-state index in [1.54, 1.807) is 12.1 Å². The van der Waals surface area contributed by atoms with Crippen LogP contribution in [0.15, 0.2) is 35.2 Å². The monoisotopic (exact) mass is 388 g/mol. The molecule has 6 heteroatoms. The van der Waals surface area contributed by atoms with E-state index in [-0.39, 0.29) is 11.2 Å². The lowest BCUT2D eigenvalue weighted by Gasteiger charge is -2.30. The molecule has 1 aromatic carbocycles. The van der Waals surface area contributed by atoms with Gasteiger partial charge in [0, 0.05) is 42.1 Å². The zero-order valence-corrected chi connectivity index (χ0v) is 17.6. The van der Waals surface area contributed by atoms with Crippen LogP contribution in [0.1, 0.15) is 55.9 Å². The molecular formula is C21H28N2O3S. The Labute approximate surface area is 162 Å². The summed E-state index contributed by atoms with van der Waals surface area (Å²) in [6.07, 6.45) is 1.38. The van der Waals surface area contributed by atoms with E-state index in [9.17, 15) is 13.2 Å². The first-order chi connectivity index (χ1) is 12.6. The molecule has 1 heterocycles. The van der Waals surface area contributed by atoms with Crippen LogP contribution in [0.25, 0.3) is 5.69 Å². The van der Waals surface area contributed by atoms with Crippen molar-refractivity contribution in [1.82, 2.24) is 8.87 Å². The number of hydrogen-bond acceptors (Lipinski definition) is 3. The van der Waals surface area contributed by atoms with Crippen molar-refractivity contribution in [3.63, 3.8) is 0 Å². The zero-order chi connectivity index (χ0) is 20.0. The Bertz CT molecular complexity index is 966. The first-order valence-corrected chi connectivity index (χ1v) is 10.9. The maximum absolute atomic E-state index is 12.7. The molecule has 0 saturated carbocycles. The topological polar surface area (TPSA) is 59.4 Å². The number of carbonyl (C=O) groups is 1. The third-order valence-corrected chi connectivity index (χ3v) is 7.37. The molecule has 0 radical (unpaired) electrons. The normalized spacial score (nSPS) is 16.6. The van der Waals surface area contributed by atoms with Gasteiger partial charge in [-0.15, -0.1) is 0 Å². The molecule has 0 fully saturated rings. The lowest BCUT2D eigenvalue weighted by molar-refractivity contribution is 0.0911. The summed E-state index contributed by atoms with van der Waals surface area (Å²) < 4.78 is 28.9.